The molecule has 4 heterocycles. The molecule has 0 spiro atoms. The molecule has 0 saturated heterocycles. The zero-order valence-corrected chi connectivity index (χ0v) is 29.5. The van der Waals surface area contributed by atoms with Gasteiger partial charge in [-0.1, -0.05) is 55.5 Å². The number of rotatable bonds is 6. The monoisotopic (exact) mass is 678 g/mol. The van der Waals surface area contributed by atoms with E-state index in [-0.39, 0.29) is 12.1 Å². The average Bonchev–Trinajstić information content (AvgIpc) is 3.59. The minimum absolute atomic E-state index is 0.0500. The quantitative estimate of drug-likeness (QED) is 0.164. The molecule has 52 heavy (non-hydrogen) atoms. The van der Waals surface area contributed by atoms with Crippen LogP contribution < -0.4 is 18.6 Å². The summed E-state index contributed by atoms with van der Waals surface area (Å²) in [5.41, 5.74) is 12.9. The van der Waals surface area contributed by atoms with Gasteiger partial charge in [-0.15, -0.1) is 0 Å². The Hall–Kier alpha value is -6.14. The average molecular weight is 679 g/mol. The van der Waals surface area contributed by atoms with Gasteiger partial charge in [0, 0.05) is 59.1 Å². The van der Waals surface area contributed by atoms with E-state index in [0.717, 1.165) is 69.6 Å². The third kappa shape index (κ3) is 4.37. The fourth-order valence-electron chi connectivity index (χ4n) is 9.02. The molecule has 0 N–H and O–H groups in total. The number of fused-ring (bicyclic) bond motifs is 5. The molecule has 6 heteroatoms. The van der Waals surface area contributed by atoms with Crippen molar-refractivity contribution in [3.05, 3.63) is 144 Å². The van der Waals surface area contributed by atoms with Crippen LogP contribution >= 0.6 is 0 Å². The number of nitrogens with zero attached hydrogens (tertiary/aromatic N) is 4. The Kier molecular flexibility index (Phi) is 7.07. The Bertz CT molecular complexity index is 2710. The highest BCUT2D eigenvalue weighted by Gasteiger charge is 2.38. The summed E-state index contributed by atoms with van der Waals surface area (Å²) in [7, 11) is 1.80. The Morgan fingerprint density at radius 2 is 1.54 bits per heavy atom. The number of benzene rings is 4. The van der Waals surface area contributed by atoms with Crippen molar-refractivity contribution in [2.45, 2.75) is 45.4 Å². The van der Waals surface area contributed by atoms with Crippen LogP contribution in [-0.2, 0) is 6.54 Å². The SMILES string of the molecule is CCC1Oc2c(-c3c4c(c(-c5ccc6ccc[n+](CC)c6c5OC)c5ccccc35)C=CC3=C(c5cncnc5)C=CCC34)ccc3ccc[n+]1c23. The molecule has 2 unspecified atom stereocenters. The molecule has 252 valence electrons. The molecule has 0 radical (unpaired) electrons. The summed E-state index contributed by atoms with van der Waals surface area (Å²) in [6, 6.07) is 26.5. The number of methoxy groups -OCH3 is 1. The predicted octanol–water partition coefficient (Wildman–Crippen LogP) is 9.70. The van der Waals surface area contributed by atoms with Gasteiger partial charge >= 0.3 is 6.23 Å². The number of aromatic nitrogens is 4. The van der Waals surface area contributed by atoms with Gasteiger partial charge in [0.2, 0.25) is 5.75 Å². The Morgan fingerprint density at radius 1 is 0.788 bits per heavy atom. The van der Waals surface area contributed by atoms with Crippen LogP contribution in [0.2, 0.25) is 0 Å². The van der Waals surface area contributed by atoms with Gasteiger partial charge in [-0.3, -0.25) is 0 Å². The van der Waals surface area contributed by atoms with Crippen molar-refractivity contribution in [3.63, 3.8) is 0 Å². The predicted molar refractivity (Wildman–Crippen MR) is 207 cm³/mol. The van der Waals surface area contributed by atoms with Gasteiger partial charge in [-0.2, -0.15) is 9.13 Å². The molecule has 0 amide bonds. The molecule has 2 aliphatic carbocycles. The minimum atomic E-state index is -0.0500. The fraction of sp³-hybridized carbons (Fsp3) is 0.174. The maximum Gasteiger partial charge on any atom is 0.302 e. The first-order chi connectivity index (χ1) is 25.7. The summed E-state index contributed by atoms with van der Waals surface area (Å²) >= 11 is 0. The van der Waals surface area contributed by atoms with E-state index in [1.54, 1.807) is 13.4 Å². The largest absolute Gasteiger partial charge is 0.490 e. The first-order valence-corrected chi connectivity index (χ1v) is 18.3. The molecule has 3 aliphatic rings. The van der Waals surface area contributed by atoms with Crippen LogP contribution in [0.4, 0.5) is 0 Å². The zero-order chi connectivity index (χ0) is 34.9. The maximum atomic E-state index is 6.93. The van der Waals surface area contributed by atoms with E-state index in [0.29, 0.717) is 0 Å². The van der Waals surface area contributed by atoms with E-state index in [2.05, 4.69) is 142 Å². The van der Waals surface area contributed by atoms with Crippen molar-refractivity contribution in [2.24, 2.45) is 0 Å². The summed E-state index contributed by atoms with van der Waals surface area (Å²) in [5.74, 6) is 1.94. The van der Waals surface area contributed by atoms with Crippen LogP contribution in [-0.4, -0.2) is 17.1 Å². The molecule has 4 aromatic carbocycles. The van der Waals surface area contributed by atoms with Gasteiger partial charge in [0.25, 0.3) is 11.0 Å². The highest BCUT2D eigenvalue weighted by molar-refractivity contribution is 6.14. The second-order valence-corrected chi connectivity index (χ2v) is 13.8. The van der Waals surface area contributed by atoms with Crippen LogP contribution in [0.3, 0.4) is 0 Å². The summed E-state index contributed by atoms with van der Waals surface area (Å²) in [6.07, 6.45) is 20.7. The molecule has 2 atom stereocenters. The molecule has 10 rings (SSSR count). The third-order valence-electron chi connectivity index (χ3n) is 11.2. The molecule has 6 nitrogen and oxygen atoms in total. The van der Waals surface area contributed by atoms with E-state index in [1.165, 1.54) is 44.0 Å². The first-order valence-electron chi connectivity index (χ1n) is 18.3. The fourth-order valence-corrected chi connectivity index (χ4v) is 9.02. The lowest BCUT2D eigenvalue weighted by atomic mass is 9.70. The van der Waals surface area contributed by atoms with Gasteiger partial charge < -0.3 is 9.47 Å². The van der Waals surface area contributed by atoms with Crippen molar-refractivity contribution >= 4 is 44.2 Å². The lowest BCUT2D eigenvalue weighted by Gasteiger charge is -2.33. The Balaban J connectivity index is 1.36. The number of ether oxygens (including phenoxy) is 2. The molecular weight excluding hydrogens is 641 g/mol. The van der Waals surface area contributed by atoms with Crippen molar-refractivity contribution in [2.75, 3.05) is 7.11 Å². The van der Waals surface area contributed by atoms with Crippen LogP contribution in [0.15, 0.2) is 128 Å². The second kappa shape index (κ2) is 12.0. The highest BCUT2D eigenvalue weighted by atomic mass is 16.5. The van der Waals surface area contributed by atoms with Gasteiger partial charge in [0.05, 0.1) is 17.9 Å². The van der Waals surface area contributed by atoms with E-state index in [4.69, 9.17) is 9.47 Å². The molecule has 7 aromatic rings. The standard InChI is InChI=1S/C46H38N4O2/c1-4-39-50-24-10-12-29-18-20-38(46(52-39)44(29)50)42-35-14-7-6-13-34(35)40(37-19-17-28-11-9-23-49(5-2)43(28)45(37)51-3)36-22-21-32-31(30-25-47-27-48-26-30)15-8-16-33(32)41(36)42/h6-15,17-27,33,39H,4-5,16H2,1-3H3/q+2. The first kappa shape index (κ1) is 30.7. The zero-order valence-electron chi connectivity index (χ0n) is 29.5. The molecule has 0 saturated carbocycles. The number of pyridine rings is 2. The van der Waals surface area contributed by atoms with Crippen LogP contribution in [0.25, 0.3) is 66.5 Å². The van der Waals surface area contributed by atoms with Crippen LogP contribution in [0.5, 0.6) is 11.5 Å². The van der Waals surface area contributed by atoms with Gasteiger partial charge in [0.15, 0.2) is 18.1 Å². The summed E-state index contributed by atoms with van der Waals surface area (Å²) in [5, 5.41) is 4.73. The number of aryl methyl sites for hydroxylation is 1. The number of hydrogen-bond acceptors (Lipinski definition) is 4. The van der Waals surface area contributed by atoms with E-state index >= 15 is 0 Å². The molecule has 1 aliphatic heterocycles. The second-order valence-electron chi connectivity index (χ2n) is 13.8. The molecular formula is C46H38N4O2+2. The highest BCUT2D eigenvalue weighted by Crippen LogP contribution is 2.55. The van der Waals surface area contributed by atoms with Gasteiger partial charge in [0.1, 0.15) is 12.9 Å². The lowest BCUT2D eigenvalue weighted by Crippen LogP contribution is -2.37. The number of allylic oxidation sites excluding steroid dienone is 5. The lowest BCUT2D eigenvalue weighted by molar-refractivity contribution is -0.719. The van der Waals surface area contributed by atoms with Gasteiger partial charge in [-0.25, -0.2) is 9.97 Å². The number of hydrogen-bond donors (Lipinski definition) is 0. The van der Waals surface area contributed by atoms with Gasteiger partial charge in [-0.05, 0) is 88.4 Å². The van der Waals surface area contributed by atoms with Crippen LogP contribution in [0.1, 0.15) is 55.5 Å². The minimum Gasteiger partial charge on any atom is -0.490 e. The Labute approximate surface area is 302 Å². The Morgan fingerprint density at radius 3 is 2.31 bits per heavy atom. The van der Waals surface area contributed by atoms with E-state index < -0.39 is 0 Å². The molecule has 0 bridgehead atoms. The third-order valence-corrected chi connectivity index (χ3v) is 11.2. The molecule has 0 fully saturated rings. The van der Waals surface area contributed by atoms with E-state index in [9.17, 15) is 0 Å². The molecule has 3 aromatic heterocycles. The van der Waals surface area contributed by atoms with Crippen molar-refractivity contribution in [1.82, 2.24) is 9.97 Å². The van der Waals surface area contributed by atoms with Crippen LogP contribution in [0, 0.1) is 0 Å². The van der Waals surface area contributed by atoms with Crippen molar-refractivity contribution in [1.29, 1.82) is 0 Å². The summed E-state index contributed by atoms with van der Waals surface area (Å²) in [4.78, 5) is 8.79. The smallest absolute Gasteiger partial charge is 0.302 e. The summed E-state index contributed by atoms with van der Waals surface area (Å²) < 4.78 is 17.9. The topological polar surface area (TPSA) is 52.0 Å². The summed E-state index contributed by atoms with van der Waals surface area (Å²) in [6.45, 7) is 5.22. The van der Waals surface area contributed by atoms with Crippen molar-refractivity contribution in [3.8, 4) is 33.8 Å². The van der Waals surface area contributed by atoms with Crippen molar-refractivity contribution < 1.29 is 18.6 Å². The normalized spacial score (nSPS) is 17.1. The maximum absolute atomic E-state index is 6.93. The van der Waals surface area contributed by atoms with E-state index in [1.807, 2.05) is 12.4 Å².